The number of hydrogen-bond acceptors (Lipinski definition) is 1. The summed E-state index contributed by atoms with van der Waals surface area (Å²) >= 11 is 6.49. The van der Waals surface area contributed by atoms with E-state index in [2.05, 4.69) is 31.9 Å². The molecule has 0 aliphatic carbocycles. The van der Waals surface area contributed by atoms with Crippen molar-refractivity contribution in [2.75, 3.05) is 11.9 Å². The highest BCUT2D eigenvalue weighted by molar-refractivity contribution is 9.10. The zero-order valence-electron chi connectivity index (χ0n) is 7.89. The Hall–Kier alpha value is -0.0200. The van der Waals surface area contributed by atoms with Crippen molar-refractivity contribution in [2.24, 2.45) is 0 Å². The fourth-order valence-corrected chi connectivity index (χ4v) is 0.962. The highest BCUT2D eigenvalue weighted by atomic mass is 79.9. The van der Waals surface area contributed by atoms with Crippen LogP contribution in [0.1, 0.15) is 13.8 Å². The molecule has 0 heterocycles. The van der Waals surface area contributed by atoms with Gasteiger partial charge in [-0.3, -0.25) is 0 Å². The Kier molecular flexibility index (Phi) is 8.56. The Morgan fingerprint density at radius 3 is 2.00 bits per heavy atom. The van der Waals surface area contributed by atoms with Gasteiger partial charge in [0.1, 0.15) is 5.75 Å². The quantitative estimate of drug-likeness (QED) is 0.742. The van der Waals surface area contributed by atoms with Crippen LogP contribution in [0.2, 0.25) is 0 Å². The third-order valence-corrected chi connectivity index (χ3v) is 1.65. The zero-order chi connectivity index (χ0) is 10.1. The number of ether oxygens (including phenoxy) is 1. The molecule has 0 fully saturated rings. The first-order valence-electron chi connectivity index (χ1n) is 4.18. The van der Waals surface area contributed by atoms with Crippen molar-refractivity contribution in [3.05, 3.63) is 28.7 Å². The van der Waals surface area contributed by atoms with Crippen molar-refractivity contribution < 1.29 is 4.74 Å². The maximum atomic E-state index is 5.24. The highest BCUT2D eigenvalue weighted by Gasteiger charge is 1.88. The maximum Gasteiger partial charge on any atom is 0.119 e. The summed E-state index contributed by atoms with van der Waals surface area (Å²) < 4.78 is 6.32. The van der Waals surface area contributed by atoms with Gasteiger partial charge in [-0.05, 0) is 31.2 Å². The summed E-state index contributed by atoms with van der Waals surface area (Å²) in [5, 5.41) is 1.06. The molecule has 0 aliphatic rings. The van der Waals surface area contributed by atoms with Crippen LogP contribution in [0.4, 0.5) is 0 Å². The summed E-state index contributed by atoms with van der Waals surface area (Å²) in [5.74, 6) is 0.922. The van der Waals surface area contributed by atoms with E-state index in [4.69, 9.17) is 4.74 Å². The SMILES string of the molecule is CCBr.CCOc1ccc(Br)cc1. The van der Waals surface area contributed by atoms with Gasteiger partial charge in [0.15, 0.2) is 0 Å². The molecule has 0 saturated carbocycles. The molecule has 0 N–H and O–H groups in total. The van der Waals surface area contributed by atoms with Crippen molar-refractivity contribution in [1.29, 1.82) is 0 Å². The van der Waals surface area contributed by atoms with Gasteiger partial charge in [0.2, 0.25) is 0 Å². The van der Waals surface area contributed by atoms with Gasteiger partial charge >= 0.3 is 0 Å². The second kappa shape index (κ2) is 8.57. The van der Waals surface area contributed by atoms with Gasteiger partial charge < -0.3 is 4.74 Å². The topological polar surface area (TPSA) is 9.23 Å². The summed E-state index contributed by atoms with van der Waals surface area (Å²) in [7, 11) is 0. The van der Waals surface area contributed by atoms with E-state index in [-0.39, 0.29) is 0 Å². The summed E-state index contributed by atoms with van der Waals surface area (Å²) in [6.45, 7) is 4.74. The summed E-state index contributed by atoms with van der Waals surface area (Å²) in [4.78, 5) is 0. The number of halogens is 2. The van der Waals surface area contributed by atoms with E-state index in [1.165, 1.54) is 0 Å². The Morgan fingerprint density at radius 2 is 1.62 bits per heavy atom. The van der Waals surface area contributed by atoms with E-state index in [9.17, 15) is 0 Å². The molecule has 0 amide bonds. The lowest BCUT2D eigenvalue weighted by atomic mass is 10.3. The van der Waals surface area contributed by atoms with Crippen LogP contribution in [0.25, 0.3) is 0 Å². The van der Waals surface area contributed by atoms with Gasteiger partial charge in [0.25, 0.3) is 0 Å². The van der Waals surface area contributed by atoms with E-state index in [1.807, 2.05) is 38.1 Å². The minimum atomic E-state index is 0.724. The van der Waals surface area contributed by atoms with Crippen molar-refractivity contribution in [1.82, 2.24) is 0 Å². The molecule has 0 unspecified atom stereocenters. The molecule has 0 radical (unpaired) electrons. The second-order valence-corrected chi connectivity index (χ2v) is 4.19. The predicted molar refractivity (Wildman–Crippen MR) is 64.8 cm³/mol. The first-order valence-corrected chi connectivity index (χ1v) is 6.10. The van der Waals surface area contributed by atoms with Crippen LogP contribution < -0.4 is 4.74 Å². The van der Waals surface area contributed by atoms with E-state index >= 15 is 0 Å². The molecular weight excluding hydrogens is 296 g/mol. The molecule has 0 atom stereocenters. The monoisotopic (exact) mass is 308 g/mol. The fourth-order valence-electron chi connectivity index (χ4n) is 0.697. The van der Waals surface area contributed by atoms with Gasteiger partial charge in [-0.15, -0.1) is 0 Å². The number of alkyl halides is 1. The molecule has 1 aromatic carbocycles. The van der Waals surface area contributed by atoms with Crippen molar-refractivity contribution >= 4 is 31.9 Å². The Balaban J connectivity index is 0.000000424. The Labute approximate surface area is 96.7 Å². The van der Waals surface area contributed by atoms with Gasteiger partial charge in [0.05, 0.1) is 6.61 Å². The average Bonchev–Trinajstić information content (AvgIpc) is 2.11. The standard InChI is InChI=1S/C8H9BrO.C2H5Br/c1-2-10-8-5-3-7(9)4-6-8;1-2-3/h3-6H,2H2,1H3;2H2,1H3. The molecule has 1 nitrogen and oxygen atoms in total. The lowest BCUT2D eigenvalue weighted by Gasteiger charge is -2.00. The molecule has 1 aromatic rings. The number of rotatable bonds is 2. The third-order valence-electron chi connectivity index (χ3n) is 1.12. The van der Waals surface area contributed by atoms with E-state index in [0.717, 1.165) is 22.2 Å². The molecule has 74 valence electrons. The second-order valence-electron chi connectivity index (χ2n) is 2.15. The van der Waals surface area contributed by atoms with Gasteiger partial charge in [-0.1, -0.05) is 38.8 Å². The molecular formula is C10H14Br2O. The molecule has 0 spiro atoms. The maximum absolute atomic E-state index is 5.24. The molecule has 0 saturated heterocycles. The lowest BCUT2D eigenvalue weighted by Crippen LogP contribution is -1.89. The van der Waals surface area contributed by atoms with Crippen molar-refractivity contribution in [3.8, 4) is 5.75 Å². The molecule has 3 heteroatoms. The summed E-state index contributed by atoms with van der Waals surface area (Å²) in [6.07, 6.45) is 0. The van der Waals surface area contributed by atoms with Gasteiger partial charge in [-0.2, -0.15) is 0 Å². The molecule has 0 aromatic heterocycles. The third kappa shape index (κ3) is 7.08. The van der Waals surface area contributed by atoms with Crippen LogP contribution in [0.3, 0.4) is 0 Å². The van der Waals surface area contributed by atoms with Crippen molar-refractivity contribution in [2.45, 2.75) is 13.8 Å². The largest absolute Gasteiger partial charge is 0.494 e. The first-order chi connectivity index (χ1) is 6.24. The molecule has 0 aliphatic heterocycles. The highest BCUT2D eigenvalue weighted by Crippen LogP contribution is 2.15. The van der Waals surface area contributed by atoms with E-state index < -0.39 is 0 Å². The van der Waals surface area contributed by atoms with Crippen LogP contribution in [0, 0.1) is 0 Å². The van der Waals surface area contributed by atoms with Crippen LogP contribution in [-0.4, -0.2) is 11.9 Å². The number of hydrogen-bond donors (Lipinski definition) is 0. The van der Waals surface area contributed by atoms with Crippen LogP contribution in [0.5, 0.6) is 5.75 Å². The minimum Gasteiger partial charge on any atom is -0.494 e. The van der Waals surface area contributed by atoms with Crippen LogP contribution in [-0.2, 0) is 0 Å². The summed E-state index contributed by atoms with van der Waals surface area (Å²) in [5.41, 5.74) is 0. The number of benzene rings is 1. The normalized spacial score (nSPS) is 8.62. The van der Waals surface area contributed by atoms with Crippen molar-refractivity contribution in [3.63, 3.8) is 0 Å². The predicted octanol–water partition coefficient (Wildman–Crippen LogP) is 4.25. The first kappa shape index (κ1) is 13.0. The Bertz CT molecular complexity index is 209. The van der Waals surface area contributed by atoms with Gasteiger partial charge in [0, 0.05) is 9.80 Å². The van der Waals surface area contributed by atoms with E-state index in [1.54, 1.807) is 0 Å². The van der Waals surface area contributed by atoms with Crippen LogP contribution >= 0.6 is 31.9 Å². The minimum absolute atomic E-state index is 0.724. The fraction of sp³-hybridized carbons (Fsp3) is 0.400. The smallest absolute Gasteiger partial charge is 0.119 e. The van der Waals surface area contributed by atoms with Crippen LogP contribution in [0.15, 0.2) is 28.7 Å². The zero-order valence-corrected chi connectivity index (χ0v) is 11.1. The average molecular weight is 310 g/mol. The molecule has 1 rings (SSSR count). The summed E-state index contributed by atoms with van der Waals surface area (Å²) in [6, 6.07) is 7.80. The lowest BCUT2D eigenvalue weighted by molar-refractivity contribution is 0.340. The molecule has 13 heavy (non-hydrogen) atoms. The molecule has 0 bridgehead atoms. The Morgan fingerprint density at radius 1 is 1.15 bits per heavy atom. The van der Waals surface area contributed by atoms with E-state index in [0.29, 0.717) is 0 Å². The van der Waals surface area contributed by atoms with Gasteiger partial charge in [-0.25, -0.2) is 0 Å².